The summed E-state index contributed by atoms with van der Waals surface area (Å²) >= 11 is 1.80. The largest absolute Gasteiger partial charge is 0.386 e. The van der Waals surface area contributed by atoms with E-state index in [9.17, 15) is 8.42 Å². The Morgan fingerprint density at radius 2 is 2.21 bits per heavy atom. The number of sulfonamides is 1. The Bertz CT molecular complexity index is 492. The third-order valence-corrected chi connectivity index (χ3v) is 5.03. The number of thioether (sulfide) groups is 1. The van der Waals surface area contributed by atoms with Gasteiger partial charge in [0.2, 0.25) is 0 Å². The maximum absolute atomic E-state index is 12.2. The van der Waals surface area contributed by atoms with Gasteiger partial charge in [-0.1, -0.05) is 6.92 Å². The molecule has 1 unspecified atom stereocenters. The lowest BCUT2D eigenvalue weighted by molar-refractivity contribution is 0.554. The van der Waals surface area contributed by atoms with Crippen molar-refractivity contribution >= 4 is 27.5 Å². The third kappa shape index (κ3) is 5.00. The van der Waals surface area contributed by atoms with Gasteiger partial charge in [0.15, 0.2) is 5.03 Å². The zero-order valence-corrected chi connectivity index (χ0v) is 13.1. The number of aromatic nitrogens is 1. The molecule has 0 aliphatic carbocycles. The average Bonchev–Trinajstić information content (AvgIpc) is 2.38. The third-order valence-electron chi connectivity index (χ3n) is 2.55. The van der Waals surface area contributed by atoms with Gasteiger partial charge in [0.25, 0.3) is 10.0 Å². The molecule has 0 aliphatic rings. The van der Waals surface area contributed by atoms with Crippen LogP contribution in [0.2, 0.25) is 0 Å². The normalized spacial score (nSPS) is 13.2. The van der Waals surface area contributed by atoms with Crippen LogP contribution in [0.3, 0.4) is 0 Å². The van der Waals surface area contributed by atoms with Crippen LogP contribution in [-0.4, -0.2) is 38.0 Å². The van der Waals surface area contributed by atoms with E-state index in [0.717, 1.165) is 17.9 Å². The van der Waals surface area contributed by atoms with Crippen LogP contribution < -0.4 is 10.0 Å². The summed E-state index contributed by atoms with van der Waals surface area (Å²) < 4.78 is 27.1. The lowest BCUT2D eigenvalue weighted by Crippen LogP contribution is -2.33. The fourth-order valence-electron chi connectivity index (χ4n) is 1.58. The molecule has 0 aromatic carbocycles. The first kappa shape index (κ1) is 16.3. The van der Waals surface area contributed by atoms with E-state index in [0.29, 0.717) is 5.69 Å². The van der Waals surface area contributed by atoms with Crippen LogP contribution in [0, 0.1) is 0 Å². The maximum atomic E-state index is 12.2. The molecule has 108 valence electrons. The minimum atomic E-state index is -3.57. The number of rotatable bonds is 8. The Labute approximate surface area is 119 Å². The van der Waals surface area contributed by atoms with Gasteiger partial charge in [-0.05, 0) is 37.0 Å². The van der Waals surface area contributed by atoms with Crippen LogP contribution >= 0.6 is 11.8 Å². The van der Waals surface area contributed by atoms with Gasteiger partial charge in [-0.3, -0.25) is 0 Å². The number of pyridine rings is 1. The Balaban J connectivity index is 2.75. The van der Waals surface area contributed by atoms with Crippen molar-refractivity contribution in [2.24, 2.45) is 0 Å². The molecule has 1 atom stereocenters. The number of anilines is 1. The minimum Gasteiger partial charge on any atom is -0.386 e. The molecular formula is C12H21N3O2S2. The van der Waals surface area contributed by atoms with Gasteiger partial charge in [-0.25, -0.2) is 18.1 Å². The minimum absolute atomic E-state index is 0.0486. The molecule has 5 nitrogen and oxygen atoms in total. The first-order valence-electron chi connectivity index (χ1n) is 6.24. The Morgan fingerprint density at radius 1 is 1.47 bits per heavy atom. The van der Waals surface area contributed by atoms with Crippen molar-refractivity contribution in [3.63, 3.8) is 0 Å². The zero-order valence-electron chi connectivity index (χ0n) is 11.5. The fourth-order valence-corrected chi connectivity index (χ4v) is 3.81. The van der Waals surface area contributed by atoms with Gasteiger partial charge in [-0.2, -0.15) is 11.8 Å². The molecule has 0 fully saturated rings. The molecule has 1 heterocycles. The topological polar surface area (TPSA) is 71.1 Å². The van der Waals surface area contributed by atoms with E-state index in [2.05, 4.69) is 21.9 Å². The Morgan fingerprint density at radius 3 is 2.84 bits per heavy atom. The second-order valence-electron chi connectivity index (χ2n) is 4.11. The first-order valence-corrected chi connectivity index (χ1v) is 8.88. The molecule has 0 radical (unpaired) electrons. The van der Waals surface area contributed by atoms with E-state index in [4.69, 9.17) is 0 Å². The van der Waals surface area contributed by atoms with Gasteiger partial charge in [0, 0.05) is 19.3 Å². The average molecular weight is 303 g/mol. The zero-order chi connectivity index (χ0) is 14.3. The fraction of sp³-hybridized carbons (Fsp3) is 0.583. The summed E-state index contributed by atoms with van der Waals surface area (Å²) in [6.07, 6.45) is 2.28. The molecule has 19 heavy (non-hydrogen) atoms. The van der Waals surface area contributed by atoms with Crippen molar-refractivity contribution in [3.8, 4) is 0 Å². The summed E-state index contributed by atoms with van der Waals surface area (Å²) in [6.45, 7) is 3.96. The number of hydrogen-bond donors (Lipinski definition) is 2. The summed E-state index contributed by atoms with van der Waals surface area (Å²) in [4.78, 5) is 3.95. The van der Waals surface area contributed by atoms with E-state index >= 15 is 0 Å². The predicted molar refractivity (Wildman–Crippen MR) is 81.2 cm³/mol. The van der Waals surface area contributed by atoms with Gasteiger partial charge in [-0.15, -0.1) is 0 Å². The van der Waals surface area contributed by atoms with E-state index < -0.39 is 10.0 Å². The van der Waals surface area contributed by atoms with E-state index in [1.807, 2.05) is 6.92 Å². The Hall–Kier alpha value is -0.790. The molecule has 1 rings (SSSR count). The predicted octanol–water partition coefficient (Wildman–Crippen LogP) is 1.93. The molecule has 0 saturated heterocycles. The van der Waals surface area contributed by atoms with Crippen molar-refractivity contribution < 1.29 is 8.42 Å². The van der Waals surface area contributed by atoms with E-state index in [1.54, 1.807) is 30.9 Å². The van der Waals surface area contributed by atoms with Gasteiger partial charge in [0.05, 0.1) is 5.69 Å². The SMILES string of the molecule is CCSCCC(C)NS(=O)(=O)c1ncccc1NC. The quantitative estimate of drug-likeness (QED) is 0.718. The molecule has 2 N–H and O–H groups in total. The van der Waals surface area contributed by atoms with Crippen molar-refractivity contribution in [1.29, 1.82) is 0 Å². The number of hydrogen-bond acceptors (Lipinski definition) is 5. The van der Waals surface area contributed by atoms with Crippen molar-refractivity contribution in [2.75, 3.05) is 23.9 Å². The van der Waals surface area contributed by atoms with Gasteiger partial charge in [0.1, 0.15) is 0 Å². The van der Waals surface area contributed by atoms with Crippen LogP contribution in [0.5, 0.6) is 0 Å². The number of nitrogens with one attached hydrogen (secondary N) is 2. The molecule has 0 spiro atoms. The monoisotopic (exact) mass is 303 g/mol. The summed E-state index contributed by atoms with van der Waals surface area (Å²) in [7, 11) is -1.89. The summed E-state index contributed by atoms with van der Waals surface area (Å²) in [5.41, 5.74) is 0.505. The lowest BCUT2D eigenvalue weighted by atomic mass is 10.3. The summed E-state index contributed by atoms with van der Waals surface area (Å²) in [5, 5.41) is 2.89. The lowest BCUT2D eigenvalue weighted by Gasteiger charge is -2.15. The van der Waals surface area contributed by atoms with Crippen molar-refractivity contribution in [1.82, 2.24) is 9.71 Å². The highest BCUT2D eigenvalue weighted by molar-refractivity contribution is 7.99. The summed E-state index contributed by atoms with van der Waals surface area (Å²) in [6, 6.07) is 3.29. The van der Waals surface area contributed by atoms with Crippen LogP contribution in [-0.2, 0) is 10.0 Å². The van der Waals surface area contributed by atoms with Gasteiger partial charge < -0.3 is 5.32 Å². The molecular weight excluding hydrogens is 282 g/mol. The highest BCUT2D eigenvalue weighted by Gasteiger charge is 2.21. The molecule has 0 amide bonds. The smallest absolute Gasteiger partial charge is 0.260 e. The first-order chi connectivity index (χ1) is 9.01. The van der Waals surface area contributed by atoms with Crippen molar-refractivity contribution in [3.05, 3.63) is 18.3 Å². The van der Waals surface area contributed by atoms with Crippen LogP contribution in [0.25, 0.3) is 0 Å². The van der Waals surface area contributed by atoms with Crippen LogP contribution in [0.15, 0.2) is 23.4 Å². The standard InChI is InChI=1S/C12H21N3O2S2/c1-4-18-9-7-10(2)15-19(16,17)12-11(13-3)6-5-8-14-12/h5-6,8,10,13,15H,4,7,9H2,1-3H3. The maximum Gasteiger partial charge on any atom is 0.260 e. The number of nitrogens with zero attached hydrogens (tertiary/aromatic N) is 1. The summed E-state index contributed by atoms with van der Waals surface area (Å²) in [5.74, 6) is 1.99. The molecule has 1 aromatic rings. The van der Waals surface area contributed by atoms with Crippen molar-refractivity contribution in [2.45, 2.75) is 31.3 Å². The van der Waals surface area contributed by atoms with Gasteiger partial charge >= 0.3 is 0 Å². The molecule has 7 heteroatoms. The highest BCUT2D eigenvalue weighted by atomic mass is 32.2. The highest BCUT2D eigenvalue weighted by Crippen LogP contribution is 2.17. The van der Waals surface area contributed by atoms with Crippen LogP contribution in [0.1, 0.15) is 20.3 Å². The van der Waals surface area contributed by atoms with E-state index in [1.165, 1.54) is 6.20 Å². The molecule has 0 aliphatic heterocycles. The molecule has 0 saturated carbocycles. The van der Waals surface area contributed by atoms with E-state index in [-0.39, 0.29) is 11.1 Å². The molecule has 0 bridgehead atoms. The Kier molecular flexibility index (Phi) is 6.60. The second-order valence-corrected chi connectivity index (χ2v) is 7.14. The molecule has 1 aromatic heterocycles. The second kappa shape index (κ2) is 7.72. The van der Waals surface area contributed by atoms with Crippen LogP contribution in [0.4, 0.5) is 5.69 Å².